The number of benzene rings is 2. The van der Waals surface area contributed by atoms with Crippen LogP contribution in [0.15, 0.2) is 54.6 Å². The summed E-state index contributed by atoms with van der Waals surface area (Å²) < 4.78 is 18.8. The maximum atomic E-state index is 13.7. The van der Waals surface area contributed by atoms with Crippen LogP contribution in [-0.2, 0) is 16.1 Å². The number of halogens is 1. The molecular formula is C21H22FNO6. The van der Waals surface area contributed by atoms with Crippen LogP contribution in [0.25, 0.3) is 6.08 Å². The minimum atomic E-state index is -1.34. The van der Waals surface area contributed by atoms with E-state index in [0.717, 1.165) is 23.8 Å². The van der Waals surface area contributed by atoms with Crippen LogP contribution in [-0.4, -0.2) is 40.0 Å². The quantitative estimate of drug-likeness (QED) is 0.479. The Bertz CT molecular complexity index is 856. The number of carboxylic acid groups (broad SMARTS) is 1. The Balaban J connectivity index is 1.82. The lowest BCUT2D eigenvalue weighted by Gasteiger charge is -2.19. The van der Waals surface area contributed by atoms with Gasteiger partial charge in [0.1, 0.15) is 18.5 Å². The molecule has 0 heterocycles. The van der Waals surface area contributed by atoms with Gasteiger partial charge in [-0.1, -0.05) is 36.4 Å². The normalized spacial score (nSPS) is 13.1. The van der Waals surface area contributed by atoms with Gasteiger partial charge in [0.25, 0.3) is 0 Å². The summed E-state index contributed by atoms with van der Waals surface area (Å²) >= 11 is 0. The Morgan fingerprint density at radius 3 is 2.55 bits per heavy atom. The van der Waals surface area contributed by atoms with Gasteiger partial charge in [0.15, 0.2) is 0 Å². The Hall–Kier alpha value is -3.23. The first kappa shape index (κ1) is 22.1. The number of amides is 1. The van der Waals surface area contributed by atoms with Crippen LogP contribution in [0.3, 0.4) is 0 Å². The van der Waals surface area contributed by atoms with E-state index in [1.165, 1.54) is 12.1 Å². The van der Waals surface area contributed by atoms with Crippen molar-refractivity contribution in [3.8, 4) is 0 Å². The number of hydrogen-bond acceptors (Lipinski definition) is 5. The third-order valence-electron chi connectivity index (χ3n) is 4.05. The summed E-state index contributed by atoms with van der Waals surface area (Å²) in [5.74, 6) is -1.89. The molecule has 0 spiro atoms. The minimum Gasteiger partial charge on any atom is -0.478 e. The molecule has 2 aromatic rings. The number of hydrogen-bond donors (Lipinski definition) is 4. The predicted molar refractivity (Wildman–Crippen MR) is 103 cm³/mol. The van der Waals surface area contributed by atoms with Crippen LogP contribution in [0.1, 0.15) is 29.2 Å². The SMILES string of the molecule is O=C(O)/C=C/c1cc(C(O)C(O)CCNC(=O)OCc2ccccc2)ccc1F. The first-order valence-corrected chi connectivity index (χ1v) is 8.88. The average Bonchev–Trinajstić information content (AvgIpc) is 2.71. The van der Waals surface area contributed by atoms with E-state index >= 15 is 0 Å². The third-order valence-corrected chi connectivity index (χ3v) is 4.05. The van der Waals surface area contributed by atoms with Gasteiger partial charge in [-0.3, -0.25) is 0 Å². The molecule has 0 fully saturated rings. The third kappa shape index (κ3) is 7.36. The van der Waals surface area contributed by atoms with Gasteiger partial charge in [-0.05, 0) is 35.8 Å². The summed E-state index contributed by atoms with van der Waals surface area (Å²) in [5, 5.41) is 31.5. The second-order valence-electron chi connectivity index (χ2n) is 6.24. The Morgan fingerprint density at radius 1 is 1.14 bits per heavy atom. The first-order chi connectivity index (χ1) is 13.9. The number of aliphatic hydroxyl groups is 2. The fourth-order valence-corrected chi connectivity index (χ4v) is 2.51. The Labute approximate surface area is 167 Å². The van der Waals surface area contributed by atoms with E-state index in [9.17, 15) is 24.2 Å². The topological polar surface area (TPSA) is 116 Å². The second kappa shape index (κ2) is 10.9. The number of rotatable bonds is 9. The number of aliphatic hydroxyl groups excluding tert-OH is 2. The summed E-state index contributed by atoms with van der Waals surface area (Å²) in [6.07, 6.45) is -1.36. The summed E-state index contributed by atoms with van der Waals surface area (Å²) in [6, 6.07) is 12.8. The van der Waals surface area contributed by atoms with Crippen LogP contribution < -0.4 is 5.32 Å². The van der Waals surface area contributed by atoms with E-state index < -0.39 is 30.1 Å². The number of alkyl carbamates (subject to hydrolysis) is 1. The number of nitrogens with one attached hydrogen (secondary N) is 1. The van der Waals surface area contributed by atoms with Crippen molar-refractivity contribution in [3.05, 3.63) is 77.1 Å². The standard InChI is InChI=1S/C21H22FNO6/c22-17-8-6-16(12-15(17)7-9-19(25)26)20(27)18(24)10-11-23-21(28)29-13-14-4-2-1-3-5-14/h1-9,12,18,20,24,27H,10-11,13H2,(H,23,28)(H,25,26)/b9-7+. The maximum Gasteiger partial charge on any atom is 0.407 e. The number of aliphatic carboxylic acids is 1. The average molecular weight is 403 g/mol. The maximum absolute atomic E-state index is 13.7. The molecule has 29 heavy (non-hydrogen) atoms. The molecular weight excluding hydrogens is 381 g/mol. The van der Waals surface area contributed by atoms with Gasteiger partial charge < -0.3 is 25.4 Å². The highest BCUT2D eigenvalue weighted by Gasteiger charge is 2.19. The molecule has 0 saturated heterocycles. The molecule has 154 valence electrons. The second-order valence-corrected chi connectivity index (χ2v) is 6.24. The van der Waals surface area contributed by atoms with E-state index in [1.807, 2.05) is 30.3 Å². The summed E-state index contributed by atoms with van der Waals surface area (Å²) in [5.41, 5.74) is 1.02. The van der Waals surface area contributed by atoms with E-state index in [2.05, 4.69) is 5.32 Å². The van der Waals surface area contributed by atoms with Crippen LogP contribution in [0.4, 0.5) is 9.18 Å². The number of carbonyl (C=O) groups is 2. The monoisotopic (exact) mass is 403 g/mol. The molecule has 8 heteroatoms. The highest BCUT2D eigenvalue weighted by molar-refractivity contribution is 5.85. The molecule has 7 nitrogen and oxygen atoms in total. The van der Waals surface area contributed by atoms with Crippen LogP contribution in [0, 0.1) is 5.82 Å². The molecule has 2 unspecified atom stereocenters. The van der Waals surface area contributed by atoms with Crippen molar-refractivity contribution in [2.45, 2.75) is 25.2 Å². The van der Waals surface area contributed by atoms with Crippen molar-refractivity contribution in [3.63, 3.8) is 0 Å². The lowest BCUT2D eigenvalue weighted by Crippen LogP contribution is -2.29. The highest BCUT2D eigenvalue weighted by Crippen LogP contribution is 2.22. The molecule has 0 aliphatic carbocycles. The van der Waals surface area contributed by atoms with Crippen LogP contribution in [0.2, 0.25) is 0 Å². The molecule has 0 bridgehead atoms. The van der Waals surface area contributed by atoms with Gasteiger partial charge in [-0.15, -0.1) is 0 Å². The number of carboxylic acids is 1. The fraction of sp³-hybridized carbons (Fsp3) is 0.238. The van der Waals surface area contributed by atoms with Crippen molar-refractivity contribution in [1.82, 2.24) is 5.32 Å². The van der Waals surface area contributed by atoms with Gasteiger partial charge in [-0.25, -0.2) is 14.0 Å². The summed E-state index contributed by atoms with van der Waals surface area (Å²) in [4.78, 5) is 22.2. The first-order valence-electron chi connectivity index (χ1n) is 8.88. The van der Waals surface area contributed by atoms with Crippen LogP contribution in [0.5, 0.6) is 0 Å². The Morgan fingerprint density at radius 2 is 1.86 bits per heavy atom. The van der Waals surface area contributed by atoms with Gasteiger partial charge >= 0.3 is 12.1 Å². The fourth-order valence-electron chi connectivity index (χ4n) is 2.51. The van der Waals surface area contributed by atoms with Gasteiger partial charge in [0.2, 0.25) is 0 Å². The molecule has 0 aliphatic rings. The molecule has 0 aliphatic heterocycles. The summed E-state index contributed by atoms with van der Waals surface area (Å²) in [7, 11) is 0. The molecule has 2 aromatic carbocycles. The van der Waals surface area contributed by atoms with Crippen molar-refractivity contribution in [1.29, 1.82) is 0 Å². The molecule has 2 atom stereocenters. The van der Waals surface area contributed by atoms with Gasteiger partial charge in [0.05, 0.1) is 6.10 Å². The lowest BCUT2D eigenvalue weighted by molar-refractivity contribution is -0.131. The molecule has 1 amide bonds. The largest absolute Gasteiger partial charge is 0.478 e. The van der Waals surface area contributed by atoms with E-state index in [0.29, 0.717) is 0 Å². The zero-order valence-electron chi connectivity index (χ0n) is 15.5. The molecule has 0 aromatic heterocycles. The smallest absolute Gasteiger partial charge is 0.407 e. The zero-order valence-corrected chi connectivity index (χ0v) is 15.5. The lowest BCUT2D eigenvalue weighted by atomic mass is 9.99. The van der Waals surface area contributed by atoms with Crippen molar-refractivity contribution in [2.75, 3.05) is 6.54 Å². The number of carbonyl (C=O) groups excluding carboxylic acids is 1. The molecule has 0 saturated carbocycles. The van der Waals surface area contributed by atoms with E-state index in [4.69, 9.17) is 9.84 Å². The molecule has 0 radical (unpaired) electrons. The Kier molecular flexibility index (Phi) is 8.32. The van der Waals surface area contributed by atoms with E-state index in [-0.39, 0.29) is 30.7 Å². The predicted octanol–water partition coefficient (Wildman–Crippen LogP) is 2.63. The number of ether oxygens (including phenoxy) is 1. The molecule has 2 rings (SSSR count). The minimum absolute atomic E-state index is 0.0271. The zero-order chi connectivity index (χ0) is 21.2. The van der Waals surface area contributed by atoms with Gasteiger partial charge in [-0.2, -0.15) is 0 Å². The highest BCUT2D eigenvalue weighted by atomic mass is 19.1. The van der Waals surface area contributed by atoms with Gasteiger partial charge in [0, 0.05) is 18.2 Å². The van der Waals surface area contributed by atoms with Crippen molar-refractivity contribution >= 4 is 18.1 Å². The van der Waals surface area contributed by atoms with Crippen LogP contribution >= 0.6 is 0 Å². The van der Waals surface area contributed by atoms with E-state index in [1.54, 1.807) is 0 Å². The molecule has 4 N–H and O–H groups in total. The summed E-state index contributed by atoms with van der Waals surface area (Å²) in [6.45, 7) is 0.166. The van der Waals surface area contributed by atoms with Crippen molar-refractivity contribution in [2.24, 2.45) is 0 Å². The van der Waals surface area contributed by atoms with Crippen molar-refractivity contribution < 1.29 is 34.0 Å².